The summed E-state index contributed by atoms with van der Waals surface area (Å²) in [5, 5.41) is 3.04. The zero-order valence-corrected chi connectivity index (χ0v) is 21.2. The number of hydrogen-bond acceptors (Lipinski definition) is 2. The van der Waals surface area contributed by atoms with Crippen LogP contribution in [0.2, 0.25) is 0 Å². The van der Waals surface area contributed by atoms with E-state index < -0.39 is 0 Å². The Balaban J connectivity index is 2.03. The van der Waals surface area contributed by atoms with Crippen LogP contribution in [0.15, 0.2) is 22.7 Å². The van der Waals surface area contributed by atoms with E-state index in [1.807, 2.05) is 32.0 Å². The van der Waals surface area contributed by atoms with Crippen molar-refractivity contribution in [2.24, 2.45) is 0 Å². The Labute approximate surface area is 193 Å². The van der Waals surface area contributed by atoms with Gasteiger partial charge in [-0.05, 0) is 38.5 Å². The van der Waals surface area contributed by atoms with Gasteiger partial charge in [0.15, 0.2) is 0 Å². The van der Waals surface area contributed by atoms with Gasteiger partial charge in [0.25, 0.3) is 5.91 Å². The van der Waals surface area contributed by atoms with Gasteiger partial charge < -0.3 is 10.1 Å². The summed E-state index contributed by atoms with van der Waals surface area (Å²) >= 11 is 3.44. The molecule has 0 aromatic heterocycles. The Morgan fingerprint density at radius 3 is 1.87 bits per heavy atom. The molecule has 3 nitrogen and oxygen atoms in total. The van der Waals surface area contributed by atoms with Gasteiger partial charge in [-0.15, -0.1) is 0 Å². The predicted octanol–water partition coefficient (Wildman–Crippen LogP) is 8.45. The minimum Gasteiger partial charge on any atom is -0.490 e. The monoisotopic (exact) mass is 481 g/mol. The topological polar surface area (TPSA) is 38.3 Å². The van der Waals surface area contributed by atoms with Crippen LogP contribution in [-0.4, -0.2) is 18.6 Å². The fourth-order valence-electron chi connectivity index (χ4n) is 3.65. The number of unbranched alkanes of at least 4 members (excludes halogenated alkanes) is 13. The number of rotatable bonds is 18. The van der Waals surface area contributed by atoms with Crippen molar-refractivity contribution in [3.63, 3.8) is 0 Å². The van der Waals surface area contributed by atoms with Gasteiger partial charge in [0, 0.05) is 11.0 Å². The molecular weight excluding hydrogens is 438 g/mol. The number of amides is 1. The van der Waals surface area contributed by atoms with Crippen LogP contribution in [0.3, 0.4) is 0 Å². The third kappa shape index (κ3) is 13.3. The molecule has 0 saturated carbocycles. The molecule has 0 aliphatic carbocycles. The Kier molecular flexibility index (Phi) is 15.9. The van der Waals surface area contributed by atoms with Crippen LogP contribution in [-0.2, 0) is 0 Å². The van der Waals surface area contributed by atoms with Gasteiger partial charge >= 0.3 is 0 Å². The number of carbonyl (C=O) groups excluding carboxylic acids is 1. The number of ether oxygens (including phenoxy) is 1. The first-order chi connectivity index (χ1) is 14.5. The number of nitrogens with one attached hydrogen (secondary N) is 1. The maximum atomic E-state index is 12.5. The normalized spacial score (nSPS) is 11.1. The minimum atomic E-state index is -0.0540. The number of benzene rings is 1. The summed E-state index contributed by atoms with van der Waals surface area (Å²) in [7, 11) is 0. The molecule has 0 aliphatic rings. The molecule has 1 rings (SSSR count). The quantitative estimate of drug-likeness (QED) is 0.213. The van der Waals surface area contributed by atoms with Gasteiger partial charge in [-0.3, -0.25) is 4.79 Å². The smallest absolute Gasteiger partial charge is 0.255 e. The van der Waals surface area contributed by atoms with Crippen molar-refractivity contribution in [3.8, 4) is 5.75 Å². The second kappa shape index (κ2) is 17.6. The highest BCUT2D eigenvalue weighted by Crippen LogP contribution is 2.24. The van der Waals surface area contributed by atoms with Gasteiger partial charge in [-0.25, -0.2) is 0 Å². The SMILES string of the molecule is CCCCCCCCCCCCCCCCNC(=O)c1cc(Br)ccc1OC(C)C. The van der Waals surface area contributed by atoms with E-state index in [1.54, 1.807) is 0 Å². The van der Waals surface area contributed by atoms with Gasteiger partial charge in [0.1, 0.15) is 5.75 Å². The lowest BCUT2D eigenvalue weighted by Crippen LogP contribution is -2.25. The van der Waals surface area contributed by atoms with Crippen LogP contribution >= 0.6 is 15.9 Å². The zero-order chi connectivity index (χ0) is 22.0. The highest BCUT2D eigenvalue weighted by molar-refractivity contribution is 9.10. The van der Waals surface area contributed by atoms with E-state index in [1.165, 1.54) is 83.5 Å². The Bertz CT molecular complexity index is 574. The first kappa shape index (κ1) is 27.0. The first-order valence-electron chi connectivity index (χ1n) is 12.3. The molecule has 1 N–H and O–H groups in total. The minimum absolute atomic E-state index is 0.0449. The molecule has 0 radical (unpaired) electrons. The summed E-state index contributed by atoms with van der Waals surface area (Å²) in [5.41, 5.74) is 0.600. The molecule has 0 bridgehead atoms. The average molecular weight is 483 g/mol. The van der Waals surface area contributed by atoms with Gasteiger partial charge in [-0.2, -0.15) is 0 Å². The molecule has 0 atom stereocenters. The maximum absolute atomic E-state index is 12.5. The van der Waals surface area contributed by atoms with Crippen molar-refractivity contribution in [1.29, 1.82) is 0 Å². The van der Waals surface area contributed by atoms with Crippen molar-refractivity contribution in [2.75, 3.05) is 6.54 Å². The van der Waals surface area contributed by atoms with Gasteiger partial charge in [0.2, 0.25) is 0 Å². The van der Waals surface area contributed by atoms with Crippen LogP contribution < -0.4 is 10.1 Å². The second-order valence-corrected chi connectivity index (χ2v) is 9.57. The van der Waals surface area contributed by atoms with E-state index in [2.05, 4.69) is 28.2 Å². The molecule has 1 aromatic rings. The van der Waals surface area contributed by atoms with E-state index in [9.17, 15) is 4.79 Å². The number of halogens is 1. The third-order valence-electron chi connectivity index (χ3n) is 5.36. The molecule has 0 heterocycles. The lowest BCUT2D eigenvalue weighted by atomic mass is 10.0. The summed E-state index contributed by atoms with van der Waals surface area (Å²) in [6, 6.07) is 5.59. The molecule has 1 amide bonds. The highest BCUT2D eigenvalue weighted by atomic mass is 79.9. The van der Waals surface area contributed by atoms with Crippen molar-refractivity contribution in [2.45, 2.75) is 117 Å². The van der Waals surface area contributed by atoms with Crippen molar-refractivity contribution < 1.29 is 9.53 Å². The Hall–Kier alpha value is -1.03. The summed E-state index contributed by atoms with van der Waals surface area (Å²) in [4.78, 5) is 12.5. The molecule has 0 spiro atoms. The summed E-state index contributed by atoms with van der Waals surface area (Å²) in [6.07, 6.45) is 18.9. The summed E-state index contributed by atoms with van der Waals surface area (Å²) in [5.74, 6) is 0.591. The molecule has 1 aromatic carbocycles. The number of hydrogen-bond donors (Lipinski definition) is 1. The Morgan fingerprint density at radius 1 is 0.867 bits per heavy atom. The molecule has 30 heavy (non-hydrogen) atoms. The molecule has 0 saturated heterocycles. The first-order valence-corrected chi connectivity index (χ1v) is 13.1. The summed E-state index contributed by atoms with van der Waals surface area (Å²) < 4.78 is 6.66. The molecule has 0 fully saturated rings. The second-order valence-electron chi connectivity index (χ2n) is 8.66. The van der Waals surface area contributed by atoms with Crippen LogP contribution in [0.4, 0.5) is 0 Å². The van der Waals surface area contributed by atoms with E-state index >= 15 is 0 Å². The highest BCUT2D eigenvalue weighted by Gasteiger charge is 2.14. The van der Waals surface area contributed by atoms with Crippen molar-refractivity contribution in [3.05, 3.63) is 28.2 Å². The fraction of sp³-hybridized carbons (Fsp3) is 0.731. The Morgan fingerprint density at radius 2 is 1.37 bits per heavy atom. The fourth-order valence-corrected chi connectivity index (χ4v) is 4.01. The lowest BCUT2D eigenvalue weighted by Gasteiger charge is -2.14. The molecule has 4 heteroatoms. The number of carbonyl (C=O) groups is 1. The van der Waals surface area contributed by atoms with Gasteiger partial charge in [0.05, 0.1) is 11.7 Å². The van der Waals surface area contributed by atoms with Crippen LogP contribution in [0.1, 0.15) is 121 Å². The standard InChI is InChI=1S/C26H44BrNO2/c1-4-5-6-7-8-9-10-11-12-13-14-15-16-17-20-28-26(29)24-21-23(27)18-19-25(24)30-22(2)3/h18-19,21-22H,4-17,20H2,1-3H3,(H,28,29). The van der Waals surface area contributed by atoms with Crippen LogP contribution in [0, 0.1) is 0 Å². The van der Waals surface area contributed by atoms with E-state index in [4.69, 9.17) is 4.74 Å². The largest absolute Gasteiger partial charge is 0.490 e. The molecule has 0 aliphatic heterocycles. The van der Waals surface area contributed by atoms with E-state index in [0.717, 1.165) is 17.4 Å². The molecule has 0 unspecified atom stereocenters. The predicted molar refractivity (Wildman–Crippen MR) is 133 cm³/mol. The van der Waals surface area contributed by atoms with Crippen molar-refractivity contribution in [1.82, 2.24) is 5.32 Å². The van der Waals surface area contributed by atoms with E-state index in [0.29, 0.717) is 11.3 Å². The lowest BCUT2D eigenvalue weighted by molar-refractivity contribution is 0.0947. The van der Waals surface area contributed by atoms with E-state index in [-0.39, 0.29) is 12.0 Å². The molecule has 172 valence electrons. The van der Waals surface area contributed by atoms with Crippen LogP contribution in [0.25, 0.3) is 0 Å². The van der Waals surface area contributed by atoms with Crippen molar-refractivity contribution >= 4 is 21.8 Å². The zero-order valence-electron chi connectivity index (χ0n) is 19.6. The third-order valence-corrected chi connectivity index (χ3v) is 5.86. The maximum Gasteiger partial charge on any atom is 0.255 e. The average Bonchev–Trinajstić information content (AvgIpc) is 2.71. The van der Waals surface area contributed by atoms with Crippen LogP contribution in [0.5, 0.6) is 5.75 Å². The molecular formula is C26H44BrNO2. The summed E-state index contributed by atoms with van der Waals surface area (Å²) in [6.45, 7) is 6.94. The van der Waals surface area contributed by atoms with Gasteiger partial charge in [-0.1, -0.05) is 106 Å².